The van der Waals surface area contributed by atoms with Gasteiger partial charge in [-0.3, -0.25) is 0 Å². The van der Waals surface area contributed by atoms with Gasteiger partial charge in [0.25, 0.3) is 0 Å². The highest BCUT2D eigenvalue weighted by Gasteiger charge is 1.93. The van der Waals surface area contributed by atoms with Gasteiger partial charge in [-0.1, -0.05) is 55.4 Å². The van der Waals surface area contributed by atoms with Gasteiger partial charge in [0.05, 0.1) is 0 Å². The van der Waals surface area contributed by atoms with Gasteiger partial charge in [-0.25, -0.2) is 0 Å². The molecule has 12 heteroatoms. The molecule has 0 rings (SSSR count). The Morgan fingerprint density at radius 1 is 0.429 bits per heavy atom. The molecule has 0 aliphatic rings. The Hall–Kier alpha value is -0.120. The Morgan fingerprint density at radius 2 is 0.500 bits per heavy atom. The normalized spacial score (nSPS) is 7.86. The molecule has 0 unspecified atom stereocenters. The lowest BCUT2D eigenvalue weighted by Crippen LogP contribution is -2.09. The first kappa shape index (κ1) is 42.1. The van der Waals surface area contributed by atoms with Gasteiger partial charge in [-0.15, -0.1) is 19.6 Å². The van der Waals surface area contributed by atoms with Gasteiger partial charge in [0, 0.05) is 9.13 Å². The lowest BCUT2D eigenvalue weighted by Gasteiger charge is -1.86. The van der Waals surface area contributed by atoms with Gasteiger partial charge in [0.1, 0.15) is 0 Å². The van der Waals surface area contributed by atoms with E-state index in [4.69, 9.17) is 28.7 Å². The van der Waals surface area contributed by atoms with E-state index in [9.17, 15) is 0 Å². The van der Waals surface area contributed by atoms with Crippen molar-refractivity contribution in [2.75, 3.05) is 52.4 Å². The zero-order valence-corrected chi connectivity index (χ0v) is 20.9. The average Bonchev–Trinajstić information content (AvgIpc) is 2.58. The molecule has 0 heterocycles. The van der Waals surface area contributed by atoms with Crippen molar-refractivity contribution in [2.24, 2.45) is 0 Å². The molecule has 0 spiro atoms. The van der Waals surface area contributed by atoms with Crippen LogP contribution in [0.3, 0.4) is 0 Å². The molecule has 0 amide bonds. The van der Waals surface area contributed by atoms with Crippen molar-refractivity contribution in [1.82, 2.24) is 21.3 Å². The van der Waals surface area contributed by atoms with Gasteiger partial charge < -0.3 is 21.3 Å². The van der Waals surface area contributed by atoms with E-state index in [2.05, 4.69) is 76.7 Å². The quantitative estimate of drug-likeness (QED) is 0.253. The predicted octanol–water partition coefficient (Wildman–Crippen LogP) is 1.72. The van der Waals surface area contributed by atoms with Crippen molar-refractivity contribution in [3.8, 4) is 0 Å². The molecule has 0 radical (unpaired) electrons. The van der Waals surface area contributed by atoms with Gasteiger partial charge >= 0.3 is 16.5 Å². The summed E-state index contributed by atoms with van der Waals surface area (Å²) >= 11 is 0. The Bertz CT molecular complexity index is 205. The third kappa shape index (κ3) is 258. The van der Waals surface area contributed by atoms with Gasteiger partial charge in [0.15, 0.2) is 0 Å². The molecule has 0 aromatic carbocycles. The molecule has 0 atom stereocenters. The summed E-state index contributed by atoms with van der Waals surface area (Å²) < 4.78 is 17.4. The molecule has 0 saturated heterocycles. The predicted molar refractivity (Wildman–Crippen MR) is 121 cm³/mol. The van der Waals surface area contributed by atoms with Crippen LogP contribution >= 0.6 is 16.5 Å². The number of hydrogen-bond acceptors (Lipinski definition) is 6. The zero-order chi connectivity index (χ0) is 23.6. The lowest BCUT2D eigenvalue weighted by molar-refractivity contribution is 0.403. The molecule has 0 aliphatic carbocycles. The molecule has 176 valence electrons. The van der Waals surface area contributed by atoms with E-state index in [-0.39, 0.29) is 0 Å². The summed E-state index contributed by atoms with van der Waals surface area (Å²) in [5.74, 6) is 0. The van der Waals surface area contributed by atoms with Crippen LogP contribution < -0.4 is 21.3 Å². The molecule has 0 saturated carbocycles. The molecule has 0 aromatic rings. The van der Waals surface area contributed by atoms with Crippen LogP contribution in [-0.4, -0.2) is 71.9 Å². The molecule has 0 bridgehead atoms. The summed E-state index contributed by atoms with van der Waals surface area (Å²) in [6, 6.07) is 0. The van der Waals surface area contributed by atoms with Crippen molar-refractivity contribution in [1.29, 1.82) is 0 Å². The van der Waals surface area contributed by atoms with E-state index in [0.717, 1.165) is 52.4 Å². The largest absolute Gasteiger partial charge is 0.692 e. The molecule has 0 fully saturated rings. The van der Waals surface area contributed by atoms with E-state index in [1.54, 1.807) is 0 Å². The summed E-state index contributed by atoms with van der Waals surface area (Å²) in [4.78, 5) is 28.5. The Kier molecular flexibility index (Phi) is 84.6. The minimum Gasteiger partial charge on any atom is -0.317 e. The summed E-state index contributed by atoms with van der Waals surface area (Å²) in [7, 11) is -5.74. The van der Waals surface area contributed by atoms with Crippen LogP contribution in [0.5, 0.6) is 0 Å². The molecule has 10 nitrogen and oxygen atoms in total. The first-order chi connectivity index (χ1) is 13.1. The smallest absolute Gasteiger partial charge is 0.317 e. The SMILES string of the molecule is CCNCC.CCNCC.CCNCC.CCNCC.O=[P+](O)O.O=[P+](O)O. The fourth-order valence-electron chi connectivity index (χ4n) is 1.000. The highest BCUT2D eigenvalue weighted by molar-refractivity contribution is 7.31. The van der Waals surface area contributed by atoms with E-state index < -0.39 is 16.5 Å². The third-order valence-corrected chi connectivity index (χ3v) is 2.00. The first-order valence-electron chi connectivity index (χ1n) is 9.65. The molecule has 8 N–H and O–H groups in total. The molecule has 0 aliphatic heterocycles. The van der Waals surface area contributed by atoms with Crippen LogP contribution in [0.1, 0.15) is 55.4 Å². The van der Waals surface area contributed by atoms with Crippen LogP contribution in [0.2, 0.25) is 0 Å². The second kappa shape index (κ2) is 56.3. The standard InChI is InChI=1S/4C4H11N.2HO3P/c4*1-3-5-4-2;2*1-4(2)3/h4*5H,3-4H2,1-2H3;2*(H-,1,2,3)/p+2. The minimum absolute atomic E-state index is 1.09. The maximum Gasteiger partial charge on any atom is 0.692 e. The molecular formula is C16H48N4O6P2+2. The van der Waals surface area contributed by atoms with Crippen LogP contribution in [0.25, 0.3) is 0 Å². The summed E-state index contributed by atoms with van der Waals surface area (Å²) in [5.41, 5.74) is 0. The van der Waals surface area contributed by atoms with Gasteiger partial charge in [-0.2, -0.15) is 0 Å². The molecule has 28 heavy (non-hydrogen) atoms. The average molecular weight is 455 g/mol. The van der Waals surface area contributed by atoms with E-state index in [1.165, 1.54) is 0 Å². The lowest BCUT2D eigenvalue weighted by atomic mass is 10.7. The fourth-order valence-corrected chi connectivity index (χ4v) is 1.000. The maximum atomic E-state index is 8.70. The number of hydrogen-bond donors (Lipinski definition) is 8. The van der Waals surface area contributed by atoms with Gasteiger partial charge in [0.2, 0.25) is 0 Å². The summed E-state index contributed by atoms with van der Waals surface area (Å²) in [6.45, 7) is 25.6. The van der Waals surface area contributed by atoms with Crippen molar-refractivity contribution < 1.29 is 28.7 Å². The highest BCUT2D eigenvalue weighted by atomic mass is 31.1. The number of nitrogens with one attached hydrogen (secondary N) is 4. The number of rotatable bonds is 8. The van der Waals surface area contributed by atoms with Crippen molar-refractivity contribution in [3.63, 3.8) is 0 Å². The Morgan fingerprint density at radius 3 is 0.500 bits per heavy atom. The van der Waals surface area contributed by atoms with Crippen molar-refractivity contribution in [2.45, 2.75) is 55.4 Å². The van der Waals surface area contributed by atoms with Crippen LogP contribution in [-0.2, 0) is 9.13 Å². The highest BCUT2D eigenvalue weighted by Crippen LogP contribution is 1.98. The van der Waals surface area contributed by atoms with Crippen molar-refractivity contribution >= 4 is 16.5 Å². The fraction of sp³-hybridized carbons (Fsp3) is 1.00. The Balaban J connectivity index is -0.0000000520. The first-order valence-corrected chi connectivity index (χ1v) is 12.0. The Labute approximate surface area is 174 Å². The summed E-state index contributed by atoms with van der Waals surface area (Å²) in [6.07, 6.45) is 0. The van der Waals surface area contributed by atoms with E-state index in [1.807, 2.05) is 0 Å². The van der Waals surface area contributed by atoms with E-state index >= 15 is 0 Å². The van der Waals surface area contributed by atoms with E-state index in [0.29, 0.717) is 0 Å². The molecular weight excluding hydrogens is 406 g/mol. The molecule has 0 aromatic heterocycles. The second-order valence-electron chi connectivity index (χ2n) is 4.33. The van der Waals surface area contributed by atoms with Crippen molar-refractivity contribution in [3.05, 3.63) is 0 Å². The van der Waals surface area contributed by atoms with Crippen LogP contribution in [0, 0.1) is 0 Å². The third-order valence-electron chi connectivity index (χ3n) is 2.00. The van der Waals surface area contributed by atoms with Crippen LogP contribution in [0.4, 0.5) is 0 Å². The van der Waals surface area contributed by atoms with Gasteiger partial charge in [-0.05, 0) is 52.4 Å². The zero-order valence-electron chi connectivity index (χ0n) is 19.2. The maximum absolute atomic E-state index is 8.70. The second-order valence-corrected chi connectivity index (χ2v) is 5.34. The summed E-state index contributed by atoms with van der Waals surface area (Å²) in [5, 5.41) is 12.4. The minimum atomic E-state index is -2.87. The topological polar surface area (TPSA) is 163 Å². The van der Waals surface area contributed by atoms with Crippen LogP contribution in [0.15, 0.2) is 0 Å². The monoisotopic (exact) mass is 454 g/mol.